The molecule has 29 heavy (non-hydrogen) atoms. The van der Waals surface area contributed by atoms with Crippen molar-refractivity contribution in [3.63, 3.8) is 0 Å². The minimum Gasteiger partial charge on any atom is -0.496 e. The minimum absolute atomic E-state index is 0.182. The molecular formula is C21H22N2O5S. The number of hydrogen-bond acceptors (Lipinski definition) is 6. The average Bonchev–Trinajstić information content (AvgIpc) is 3.31. The molecule has 7 nitrogen and oxygen atoms in total. The summed E-state index contributed by atoms with van der Waals surface area (Å²) in [4.78, 5) is 27.8. The molecular weight excluding hydrogens is 392 g/mol. The van der Waals surface area contributed by atoms with E-state index >= 15 is 0 Å². The summed E-state index contributed by atoms with van der Waals surface area (Å²) in [5.74, 6) is 1.79. The van der Waals surface area contributed by atoms with E-state index in [2.05, 4.69) is 5.32 Å². The number of ether oxygens (including phenoxy) is 3. The lowest BCUT2D eigenvalue weighted by Gasteiger charge is -2.22. The fourth-order valence-corrected chi connectivity index (χ4v) is 5.30. The van der Waals surface area contributed by atoms with Crippen LogP contribution in [-0.4, -0.2) is 49.8 Å². The normalized spacial score (nSPS) is 19.6. The average molecular weight is 414 g/mol. The first-order valence-electron chi connectivity index (χ1n) is 9.19. The van der Waals surface area contributed by atoms with Crippen molar-refractivity contribution in [2.45, 2.75) is 18.0 Å². The Morgan fingerprint density at radius 3 is 2.59 bits per heavy atom. The SMILES string of the molecule is COc1ccccc1CNC(=O)[C@@H]1CS[C@H]2c3ccc(OC)c(OC)c3C(=O)N12. The molecule has 2 heterocycles. The fraction of sp³-hybridized carbons (Fsp3) is 0.333. The van der Waals surface area contributed by atoms with E-state index in [-0.39, 0.29) is 17.2 Å². The van der Waals surface area contributed by atoms with Gasteiger partial charge in [0.1, 0.15) is 17.2 Å². The third kappa shape index (κ3) is 3.17. The topological polar surface area (TPSA) is 77.1 Å². The standard InChI is InChI=1S/C21H22N2O5S/c1-26-15-7-5-4-6-12(15)10-22-19(24)14-11-29-21-13-8-9-16(27-2)18(28-3)17(13)20(25)23(14)21/h4-9,14,21H,10-11H2,1-3H3,(H,22,24)/t14-,21-/m0/s1. The van der Waals surface area contributed by atoms with E-state index in [0.29, 0.717) is 35.1 Å². The summed E-state index contributed by atoms with van der Waals surface area (Å²) >= 11 is 1.58. The van der Waals surface area contributed by atoms with Crippen LogP contribution >= 0.6 is 11.8 Å². The second kappa shape index (κ2) is 7.87. The Hall–Kier alpha value is -2.87. The van der Waals surface area contributed by atoms with Crippen LogP contribution in [0.4, 0.5) is 0 Å². The van der Waals surface area contributed by atoms with Crippen LogP contribution in [0, 0.1) is 0 Å². The zero-order valence-electron chi connectivity index (χ0n) is 16.4. The molecule has 2 amide bonds. The molecule has 2 aliphatic rings. The molecule has 152 valence electrons. The zero-order valence-corrected chi connectivity index (χ0v) is 17.2. The number of thioether (sulfide) groups is 1. The largest absolute Gasteiger partial charge is 0.496 e. The van der Waals surface area contributed by atoms with Crippen LogP contribution < -0.4 is 19.5 Å². The molecule has 0 aromatic heterocycles. The van der Waals surface area contributed by atoms with Crippen molar-refractivity contribution in [3.8, 4) is 17.2 Å². The van der Waals surface area contributed by atoms with E-state index in [0.717, 1.165) is 11.1 Å². The molecule has 2 atom stereocenters. The first-order chi connectivity index (χ1) is 14.1. The number of carbonyl (C=O) groups excluding carboxylic acids is 2. The van der Waals surface area contributed by atoms with Gasteiger partial charge in [0.2, 0.25) is 5.91 Å². The lowest BCUT2D eigenvalue weighted by atomic mass is 10.1. The summed E-state index contributed by atoms with van der Waals surface area (Å²) in [5, 5.41) is 2.75. The van der Waals surface area contributed by atoms with E-state index in [1.54, 1.807) is 29.8 Å². The van der Waals surface area contributed by atoms with E-state index < -0.39 is 6.04 Å². The molecule has 1 fully saturated rings. The van der Waals surface area contributed by atoms with E-state index in [1.165, 1.54) is 14.2 Å². The van der Waals surface area contributed by atoms with Crippen molar-refractivity contribution >= 4 is 23.6 Å². The molecule has 2 aromatic rings. The number of rotatable bonds is 6. The second-order valence-corrected chi connectivity index (χ2v) is 7.82. The minimum atomic E-state index is -0.546. The zero-order chi connectivity index (χ0) is 20.5. The lowest BCUT2D eigenvalue weighted by molar-refractivity contribution is -0.124. The van der Waals surface area contributed by atoms with Gasteiger partial charge in [0.25, 0.3) is 5.91 Å². The molecule has 0 aliphatic carbocycles. The van der Waals surface area contributed by atoms with Crippen LogP contribution in [0.3, 0.4) is 0 Å². The molecule has 2 aromatic carbocycles. The van der Waals surface area contributed by atoms with Crippen molar-refractivity contribution in [1.29, 1.82) is 0 Å². The van der Waals surface area contributed by atoms with Gasteiger partial charge in [0.15, 0.2) is 11.5 Å². The Labute approximate surface area is 173 Å². The number of para-hydroxylation sites is 1. The Bertz CT molecular complexity index is 964. The summed E-state index contributed by atoms with van der Waals surface area (Å²) in [6.45, 7) is 0.334. The van der Waals surface area contributed by atoms with Gasteiger partial charge in [-0.1, -0.05) is 24.3 Å². The molecule has 1 N–H and O–H groups in total. The van der Waals surface area contributed by atoms with Gasteiger partial charge >= 0.3 is 0 Å². The number of fused-ring (bicyclic) bond motifs is 3. The summed E-state index contributed by atoms with van der Waals surface area (Å²) in [7, 11) is 4.65. The van der Waals surface area contributed by atoms with Gasteiger partial charge in [-0.25, -0.2) is 0 Å². The number of methoxy groups -OCH3 is 3. The summed E-state index contributed by atoms with van der Waals surface area (Å²) < 4.78 is 16.1. The Kier molecular flexibility index (Phi) is 5.27. The van der Waals surface area contributed by atoms with Gasteiger partial charge < -0.3 is 24.4 Å². The molecule has 8 heteroatoms. The number of hydrogen-bond donors (Lipinski definition) is 1. The van der Waals surface area contributed by atoms with E-state index in [9.17, 15) is 9.59 Å². The van der Waals surface area contributed by atoms with Gasteiger partial charge in [-0.05, 0) is 12.1 Å². The molecule has 4 rings (SSSR count). The monoisotopic (exact) mass is 414 g/mol. The number of nitrogens with zero attached hydrogens (tertiary/aromatic N) is 1. The highest BCUT2D eigenvalue weighted by molar-refractivity contribution is 7.99. The Morgan fingerprint density at radius 1 is 1.10 bits per heavy atom. The number of nitrogens with one attached hydrogen (secondary N) is 1. The maximum Gasteiger partial charge on any atom is 0.260 e. The highest BCUT2D eigenvalue weighted by Crippen LogP contribution is 2.52. The number of amides is 2. The molecule has 2 aliphatic heterocycles. The predicted octanol–water partition coefficient (Wildman–Crippen LogP) is 2.60. The van der Waals surface area contributed by atoms with E-state index in [4.69, 9.17) is 14.2 Å². The maximum atomic E-state index is 13.2. The Balaban J connectivity index is 1.54. The van der Waals surface area contributed by atoms with Gasteiger partial charge in [0, 0.05) is 23.4 Å². The van der Waals surface area contributed by atoms with Crippen LogP contribution in [0.1, 0.15) is 26.9 Å². The third-order valence-electron chi connectivity index (χ3n) is 5.24. The van der Waals surface area contributed by atoms with Crippen molar-refractivity contribution in [1.82, 2.24) is 10.2 Å². The van der Waals surface area contributed by atoms with Crippen LogP contribution in [0.5, 0.6) is 17.2 Å². The van der Waals surface area contributed by atoms with Gasteiger partial charge in [-0.15, -0.1) is 11.8 Å². The first-order valence-corrected chi connectivity index (χ1v) is 10.2. The summed E-state index contributed by atoms with van der Waals surface area (Å²) in [6.07, 6.45) is 0. The lowest BCUT2D eigenvalue weighted by Crippen LogP contribution is -2.45. The molecule has 0 saturated carbocycles. The molecule has 0 bridgehead atoms. The number of carbonyl (C=O) groups is 2. The predicted molar refractivity (Wildman–Crippen MR) is 110 cm³/mol. The fourth-order valence-electron chi connectivity index (χ4n) is 3.84. The van der Waals surface area contributed by atoms with Crippen molar-refractivity contribution in [2.24, 2.45) is 0 Å². The highest BCUT2D eigenvalue weighted by atomic mass is 32.2. The molecule has 1 saturated heterocycles. The third-order valence-corrected chi connectivity index (χ3v) is 6.55. The molecule has 0 radical (unpaired) electrons. The highest BCUT2D eigenvalue weighted by Gasteiger charge is 2.50. The van der Waals surface area contributed by atoms with Crippen LogP contribution in [0.2, 0.25) is 0 Å². The van der Waals surface area contributed by atoms with Crippen molar-refractivity contribution < 1.29 is 23.8 Å². The van der Waals surface area contributed by atoms with Crippen LogP contribution in [0.15, 0.2) is 36.4 Å². The Morgan fingerprint density at radius 2 is 1.86 bits per heavy atom. The molecule has 0 unspecified atom stereocenters. The van der Waals surface area contributed by atoms with Crippen LogP contribution in [0.25, 0.3) is 0 Å². The maximum absolute atomic E-state index is 13.2. The first kappa shape index (κ1) is 19.4. The number of benzene rings is 2. The van der Waals surface area contributed by atoms with Gasteiger partial charge in [0.05, 0.1) is 26.9 Å². The summed E-state index contributed by atoms with van der Waals surface area (Å²) in [5.41, 5.74) is 2.22. The van der Waals surface area contributed by atoms with Gasteiger partial charge in [-0.2, -0.15) is 0 Å². The quantitative estimate of drug-likeness (QED) is 0.783. The van der Waals surface area contributed by atoms with Crippen LogP contribution in [-0.2, 0) is 11.3 Å². The van der Waals surface area contributed by atoms with Crippen molar-refractivity contribution in [2.75, 3.05) is 27.1 Å². The van der Waals surface area contributed by atoms with Gasteiger partial charge in [-0.3, -0.25) is 9.59 Å². The summed E-state index contributed by atoms with van der Waals surface area (Å²) in [6, 6.07) is 10.7. The van der Waals surface area contributed by atoms with Crippen molar-refractivity contribution in [3.05, 3.63) is 53.1 Å². The second-order valence-electron chi connectivity index (χ2n) is 6.71. The van der Waals surface area contributed by atoms with E-state index in [1.807, 2.05) is 30.3 Å². The smallest absolute Gasteiger partial charge is 0.260 e. The molecule has 0 spiro atoms.